The zero-order valence-corrected chi connectivity index (χ0v) is 10.2. The molecule has 12 heavy (non-hydrogen) atoms. The Bertz CT molecular complexity index is 136. The van der Waals surface area contributed by atoms with Crippen LogP contribution in [0.3, 0.4) is 0 Å². The minimum absolute atomic E-state index is 0.161. The van der Waals surface area contributed by atoms with Crippen molar-refractivity contribution in [3.05, 3.63) is 0 Å². The predicted octanol–water partition coefficient (Wildman–Crippen LogP) is 3.33. The van der Waals surface area contributed by atoms with E-state index < -0.39 is 19.5 Å². The van der Waals surface area contributed by atoms with Gasteiger partial charge in [-0.25, -0.2) is 0 Å². The van der Waals surface area contributed by atoms with Crippen LogP contribution in [0.25, 0.3) is 0 Å². The molecule has 0 spiro atoms. The van der Waals surface area contributed by atoms with Crippen molar-refractivity contribution in [2.24, 2.45) is 0 Å². The molecule has 0 saturated heterocycles. The van der Waals surface area contributed by atoms with Crippen molar-refractivity contribution in [3.8, 4) is 0 Å². The van der Waals surface area contributed by atoms with E-state index in [1.807, 2.05) is 0 Å². The first-order chi connectivity index (χ1) is 5.27. The Morgan fingerprint density at radius 2 is 1.83 bits per heavy atom. The average molecular weight is 261 g/mol. The largest absolute Gasteiger partial charge is 0.365 e. The maximum absolute atomic E-state index is 12.5. The lowest BCUT2D eigenvalue weighted by Gasteiger charge is -2.18. The molecule has 0 heterocycles. The summed E-state index contributed by atoms with van der Waals surface area (Å²) in [4.78, 5) is 0. The highest BCUT2D eigenvalue weighted by Crippen LogP contribution is 2.19. The fraction of sp³-hybridized carbons (Fsp3) is 1.00. The number of halogens is 3. The molecular weight excluding hydrogens is 246 g/mol. The van der Waals surface area contributed by atoms with Crippen LogP contribution in [0.5, 0.6) is 0 Å². The molecule has 0 unspecified atom stereocenters. The van der Waals surface area contributed by atoms with Crippen LogP contribution in [0.4, 0.5) is 8.78 Å². The fourth-order valence-electron chi connectivity index (χ4n) is 0.545. The summed E-state index contributed by atoms with van der Waals surface area (Å²) in [6.07, 6.45) is -3.00. The topological polar surface area (TPSA) is 9.23 Å². The molecule has 0 bridgehead atoms. The van der Waals surface area contributed by atoms with Gasteiger partial charge in [0.15, 0.2) is 0 Å². The molecule has 0 rings (SSSR count). The van der Waals surface area contributed by atoms with Gasteiger partial charge in [0, 0.05) is 8.07 Å². The molecule has 5 heteroatoms. The van der Waals surface area contributed by atoms with E-state index in [1.165, 1.54) is 0 Å². The first kappa shape index (κ1) is 12.5. The summed E-state index contributed by atoms with van der Waals surface area (Å²) in [5.74, 6) is 0. The zero-order chi connectivity index (χ0) is 9.83. The summed E-state index contributed by atoms with van der Waals surface area (Å²) in [5, 5.41) is -0.425. The van der Waals surface area contributed by atoms with Gasteiger partial charge in [-0.05, 0) is 6.04 Å². The average Bonchev–Trinajstić information content (AvgIpc) is 1.84. The molecule has 0 N–H and O–H groups in total. The summed E-state index contributed by atoms with van der Waals surface area (Å²) in [7, 11) is -1.24. The summed E-state index contributed by atoms with van der Waals surface area (Å²) in [6.45, 7) is 6.54. The predicted molar refractivity (Wildman–Crippen MR) is 52.8 cm³/mol. The first-order valence-corrected chi connectivity index (χ1v) is 8.67. The SMILES string of the molecule is C[Si](C)(C)CCOC(F)(F)CBr. The normalized spacial score (nSPS) is 13.5. The summed E-state index contributed by atoms with van der Waals surface area (Å²) in [6, 6.07) is 0.773. The van der Waals surface area contributed by atoms with Crippen molar-refractivity contribution in [1.82, 2.24) is 0 Å². The molecule has 0 fully saturated rings. The molecule has 0 atom stereocenters. The lowest BCUT2D eigenvalue weighted by molar-refractivity contribution is -0.216. The smallest absolute Gasteiger partial charge is 0.320 e. The van der Waals surface area contributed by atoms with Gasteiger partial charge >= 0.3 is 6.11 Å². The van der Waals surface area contributed by atoms with Gasteiger partial charge in [0.05, 0.1) is 11.9 Å². The summed E-state index contributed by atoms with van der Waals surface area (Å²) >= 11 is 2.69. The molecule has 0 aliphatic rings. The van der Waals surface area contributed by atoms with Crippen molar-refractivity contribution in [1.29, 1.82) is 0 Å². The molecule has 0 aliphatic carbocycles. The lowest BCUT2D eigenvalue weighted by Crippen LogP contribution is -2.28. The monoisotopic (exact) mass is 260 g/mol. The van der Waals surface area contributed by atoms with E-state index in [1.54, 1.807) is 0 Å². The third-order valence-corrected chi connectivity index (χ3v) is 3.68. The van der Waals surface area contributed by atoms with Crippen LogP contribution in [0.15, 0.2) is 0 Å². The van der Waals surface area contributed by atoms with Crippen molar-refractivity contribution in [3.63, 3.8) is 0 Å². The van der Waals surface area contributed by atoms with Crippen molar-refractivity contribution in [2.45, 2.75) is 31.8 Å². The second-order valence-corrected chi connectivity index (χ2v) is 10.1. The highest BCUT2D eigenvalue weighted by molar-refractivity contribution is 9.09. The van der Waals surface area contributed by atoms with Crippen molar-refractivity contribution in [2.75, 3.05) is 11.9 Å². The molecule has 74 valence electrons. The molecule has 0 aromatic rings. The van der Waals surface area contributed by atoms with E-state index in [-0.39, 0.29) is 6.61 Å². The Labute approximate surface area is 81.6 Å². The molecule has 0 aliphatic heterocycles. The Balaban J connectivity index is 3.57. The van der Waals surface area contributed by atoms with E-state index in [9.17, 15) is 8.78 Å². The molecule has 0 radical (unpaired) electrons. The van der Waals surface area contributed by atoms with Gasteiger partial charge in [0.1, 0.15) is 0 Å². The number of hydrogen-bond donors (Lipinski definition) is 0. The molecule has 0 amide bonds. The second kappa shape index (κ2) is 4.67. The Hall–Kier alpha value is 0.517. The molecule has 0 aromatic carbocycles. The van der Waals surface area contributed by atoms with Gasteiger partial charge in [-0.15, -0.1) is 0 Å². The molecule has 1 nitrogen and oxygen atoms in total. The van der Waals surface area contributed by atoms with E-state index in [2.05, 4.69) is 40.3 Å². The second-order valence-electron chi connectivity index (χ2n) is 3.93. The van der Waals surface area contributed by atoms with Crippen LogP contribution >= 0.6 is 15.9 Å². The van der Waals surface area contributed by atoms with Crippen LogP contribution in [0.2, 0.25) is 25.7 Å². The van der Waals surface area contributed by atoms with Gasteiger partial charge in [0.2, 0.25) is 0 Å². The maximum atomic E-state index is 12.5. The third kappa shape index (κ3) is 7.18. The minimum Gasteiger partial charge on any atom is -0.320 e. The van der Waals surface area contributed by atoms with E-state index in [0.29, 0.717) is 0 Å². The van der Waals surface area contributed by atoms with Gasteiger partial charge in [-0.3, -0.25) is 0 Å². The van der Waals surface area contributed by atoms with Crippen LogP contribution in [-0.2, 0) is 4.74 Å². The van der Waals surface area contributed by atoms with Gasteiger partial charge in [-0.2, -0.15) is 8.78 Å². The third-order valence-electron chi connectivity index (χ3n) is 1.32. The Kier molecular flexibility index (Phi) is 4.87. The van der Waals surface area contributed by atoms with Crippen LogP contribution in [0, 0.1) is 0 Å². The van der Waals surface area contributed by atoms with Crippen LogP contribution in [0.1, 0.15) is 0 Å². The Morgan fingerprint density at radius 3 is 2.17 bits per heavy atom. The van der Waals surface area contributed by atoms with E-state index >= 15 is 0 Å². The zero-order valence-electron chi connectivity index (χ0n) is 7.66. The standard InChI is InChI=1S/C7H15BrF2OSi/c1-12(2,3)5-4-11-7(9,10)6-8/h4-6H2,1-3H3. The first-order valence-electron chi connectivity index (χ1n) is 3.85. The number of alkyl halides is 3. The summed E-state index contributed by atoms with van der Waals surface area (Å²) < 4.78 is 29.4. The maximum Gasteiger partial charge on any atom is 0.365 e. The number of hydrogen-bond acceptors (Lipinski definition) is 1. The van der Waals surface area contributed by atoms with Crippen LogP contribution in [-0.4, -0.2) is 26.1 Å². The van der Waals surface area contributed by atoms with Gasteiger partial charge in [-0.1, -0.05) is 35.6 Å². The quantitative estimate of drug-likeness (QED) is 0.545. The van der Waals surface area contributed by atoms with Crippen molar-refractivity contribution < 1.29 is 13.5 Å². The minimum atomic E-state index is -3.00. The molecular formula is C7H15BrF2OSi. The molecule has 0 aromatic heterocycles. The van der Waals surface area contributed by atoms with E-state index in [4.69, 9.17) is 0 Å². The van der Waals surface area contributed by atoms with Gasteiger partial charge in [0.25, 0.3) is 0 Å². The van der Waals surface area contributed by atoms with Gasteiger partial charge < -0.3 is 4.74 Å². The van der Waals surface area contributed by atoms with E-state index in [0.717, 1.165) is 6.04 Å². The Morgan fingerprint density at radius 1 is 1.33 bits per heavy atom. The van der Waals surface area contributed by atoms with Crippen molar-refractivity contribution >= 4 is 24.0 Å². The summed E-state index contributed by atoms with van der Waals surface area (Å²) in [5.41, 5.74) is 0. The van der Waals surface area contributed by atoms with Crippen LogP contribution < -0.4 is 0 Å². The highest BCUT2D eigenvalue weighted by Gasteiger charge is 2.28. The molecule has 0 saturated carbocycles. The number of ether oxygens (including phenoxy) is 1. The fourth-order valence-corrected chi connectivity index (χ4v) is 1.42. The highest BCUT2D eigenvalue weighted by atomic mass is 79.9. The lowest BCUT2D eigenvalue weighted by atomic mass is 10.7. The number of rotatable bonds is 5.